The third kappa shape index (κ3) is 5.80. The molecule has 0 saturated carbocycles. The molecule has 162 valence electrons. The Morgan fingerprint density at radius 2 is 1.84 bits per heavy atom. The summed E-state index contributed by atoms with van der Waals surface area (Å²) in [5.41, 5.74) is 10.9. The van der Waals surface area contributed by atoms with Crippen molar-refractivity contribution in [2.24, 2.45) is 10.7 Å². The van der Waals surface area contributed by atoms with Crippen LogP contribution in [0.1, 0.15) is 42.1 Å². The van der Waals surface area contributed by atoms with Gasteiger partial charge in [0.2, 0.25) is 9.70 Å². The zero-order valence-corrected chi connectivity index (χ0v) is 19.6. The molecule has 0 saturated heterocycles. The van der Waals surface area contributed by atoms with Crippen LogP contribution in [0.3, 0.4) is 0 Å². The highest BCUT2D eigenvalue weighted by molar-refractivity contribution is 14.1. The van der Waals surface area contributed by atoms with Gasteiger partial charge in [-0.3, -0.25) is 9.59 Å². The van der Waals surface area contributed by atoms with Gasteiger partial charge < -0.3 is 15.7 Å². The molecule has 0 aromatic heterocycles. The number of halogens is 1. The molecule has 0 radical (unpaired) electrons. The van der Waals surface area contributed by atoms with Crippen LogP contribution in [0.15, 0.2) is 53.0 Å². The minimum atomic E-state index is -0.0653. The number of fused-ring (bicyclic) bond motifs is 1. The van der Waals surface area contributed by atoms with Crippen LogP contribution in [0.25, 0.3) is 17.2 Å². The number of aliphatic hydroxyl groups is 1. The number of hydrogen-bond donors (Lipinski definition) is 2. The number of nitrogens with zero attached hydrogens (tertiary/aromatic N) is 2. The second-order valence-electron chi connectivity index (χ2n) is 7.44. The Balaban J connectivity index is 1.92. The maximum atomic E-state index is 13.1. The monoisotopic (exact) mass is 531 g/mol. The molecule has 3 N–H and O–H groups in total. The van der Waals surface area contributed by atoms with E-state index >= 15 is 0 Å². The number of amidine groups is 1. The van der Waals surface area contributed by atoms with Crippen molar-refractivity contribution in [3.05, 3.63) is 59.2 Å². The lowest BCUT2D eigenvalue weighted by Gasteiger charge is -2.23. The summed E-state index contributed by atoms with van der Waals surface area (Å²) in [6.07, 6.45) is 3.54. The third-order valence-electron chi connectivity index (χ3n) is 5.08. The Labute approximate surface area is 196 Å². The molecule has 2 aromatic carbocycles. The van der Waals surface area contributed by atoms with Crippen LogP contribution in [0.2, 0.25) is 0 Å². The van der Waals surface area contributed by atoms with E-state index in [9.17, 15) is 9.59 Å². The largest absolute Gasteiger partial charge is 0.396 e. The quantitative estimate of drug-likeness (QED) is 0.392. The second kappa shape index (κ2) is 10.7. The Bertz CT molecular complexity index is 1030. The zero-order chi connectivity index (χ0) is 22.4. The summed E-state index contributed by atoms with van der Waals surface area (Å²) in [4.78, 5) is 30.9. The lowest BCUT2D eigenvalue weighted by atomic mass is 10.00. The van der Waals surface area contributed by atoms with Gasteiger partial charge in [0.25, 0.3) is 0 Å². The average Bonchev–Trinajstić information content (AvgIpc) is 2.93. The van der Waals surface area contributed by atoms with Crippen LogP contribution in [-0.4, -0.2) is 45.2 Å². The first-order valence-corrected chi connectivity index (χ1v) is 11.4. The highest BCUT2D eigenvalue weighted by Crippen LogP contribution is 2.32. The molecule has 0 bridgehead atoms. The van der Waals surface area contributed by atoms with E-state index in [0.717, 1.165) is 23.1 Å². The average molecular weight is 531 g/mol. The summed E-state index contributed by atoms with van der Waals surface area (Å²) >= 11 is 1.77. The first-order chi connectivity index (χ1) is 14.9. The summed E-state index contributed by atoms with van der Waals surface area (Å²) in [5, 5.41) is 9.15. The number of carbonyl (C=O) groups is 2. The fourth-order valence-electron chi connectivity index (χ4n) is 3.55. The maximum Gasteiger partial charge on any atom is 0.250 e. The Hall–Kier alpha value is -2.52. The van der Waals surface area contributed by atoms with Gasteiger partial charge in [0, 0.05) is 65.4 Å². The predicted octanol–water partition coefficient (Wildman–Crippen LogP) is 4.33. The van der Waals surface area contributed by atoms with Crippen LogP contribution in [0.4, 0.5) is 5.69 Å². The molecule has 6 nitrogen and oxygen atoms in total. The van der Waals surface area contributed by atoms with Gasteiger partial charge >= 0.3 is 0 Å². The van der Waals surface area contributed by atoms with E-state index in [1.54, 1.807) is 39.6 Å². The number of rotatable bonds is 8. The van der Waals surface area contributed by atoms with Crippen molar-refractivity contribution >= 4 is 49.9 Å². The van der Waals surface area contributed by atoms with E-state index in [0.29, 0.717) is 42.2 Å². The molecular formula is C24H26IN3O3. The van der Waals surface area contributed by atoms with Gasteiger partial charge in [-0.2, -0.15) is 0 Å². The number of aliphatic hydroxyl groups excluding tert-OH is 1. The van der Waals surface area contributed by atoms with Crippen LogP contribution in [0.5, 0.6) is 0 Å². The number of benzene rings is 2. The van der Waals surface area contributed by atoms with E-state index in [1.165, 1.54) is 0 Å². The van der Waals surface area contributed by atoms with Gasteiger partial charge in [0.05, 0.1) is 5.69 Å². The van der Waals surface area contributed by atoms with E-state index in [-0.39, 0.29) is 22.7 Å². The van der Waals surface area contributed by atoms with Crippen molar-refractivity contribution in [1.29, 1.82) is 0 Å². The Kier molecular flexibility index (Phi) is 7.97. The molecule has 0 aliphatic carbocycles. The first kappa shape index (κ1) is 23.1. The number of amides is 1. The molecule has 1 aliphatic rings. The summed E-state index contributed by atoms with van der Waals surface area (Å²) in [6.45, 7) is 3.22. The summed E-state index contributed by atoms with van der Waals surface area (Å²) < 4.78 is 0.00175. The lowest BCUT2D eigenvalue weighted by Crippen LogP contribution is -2.35. The van der Waals surface area contributed by atoms with Crippen molar-refractivity contribution < 1.29 is 14.7 Å². The van der Waals surface area contributed by atoms with Crippen LogP contribution >= 0.6 is 22.6 Å². The molecule has 1 aliphatic heterocycles. The van der Waals surface area contributed by atoms with E-state index < -0.39 is 0 Å². The standard InChI is InChI=1S/C24H26IN3O3/c1-2-10-28(11-3-12-29)24(31)20-13-19-9-8-18(14-21(19)27-22(26)15-20)16-4-6-17(7-5-16)23(25)30/h4-9,13-14,29H,2-3,10-12,15H2,1H3,(H2,26,27). The normalized spacial score (nSPS) is 13.0. The molecule has 1 amide bonds. The number of carbonyl (C=O) groups excluding carboxylic acids is 2. The number of aliphatic imine (C=N–C) groups is 1. The minimum Gasteiger partial charge on any atom is -0.396 e. The lowest BCUT2D eigenvalue weighted by molar-refractivity contribution is -0.127. The molecule has 2 aromatic rings. The highest BCUT2D eigenvalue weighted by Gasteiger charge is 2.21. The van der Waals surface area contributed by atoms with Gasteiger partial charge in [0.15, 0.2) is 0 Å². The summed E-state index contributed by atoms with van der Waals surface area (Å²) in [5.74, 6) is 0.324. The number of nitrogens with two attached hydrogens (primary N) is 1. The smallest absolute Gasteiger partial charge is 0.250 e. The van der Waals surface area contributed by atoms with Crippen molar-refractivity contribution in [2.45, 2.75) is 26.2 Å². The van der Waals surface area contributed by atoms with Gasteiger partial charge in [-0.05, 0) is 48.2 Å². The number of hydrogen-bond acceptors (Lipinski definition) is 5. The van der Waals surface area contributed by atoms with Crippen molar-refractivity contribution in [2.75, 3.05) is 19.7 Å². The third-order valence-corrected chi connectivity index (χ3v) is 5.71. The van der Waals surface area contributed by atoms with E-state index in [2.05, 4.69) is 4.99 Å². The second-order valence-corrected chi connectivity index (χ2v) is 8.42. The van der Waals surface area contributed by atoms with Gasteiger partial charge in [-0.15, -0.1) is 0 Å². The van der Waals surface area contributed by atoms with Crippen molar-refractivity contribution in [1.82, 2.24) is 4.90 Å². The highest BCUT2D eigenvalue weighted by atomic mass is 127. The molecule has 0 atom stereocenters. The van der Waals surface area contributed by atoms with Crippen molar-refractivity contribution in [3.8, 4) is 11.1 Å². The topological polar surface area (TPSA) is 96.0 Å². The fourth-order valence-corrected chi connectivity index (χ4v) is 3.91. The molecule has 31 heavy (non-hydrogen) atoms. The van der Waals surface area contributed by atoms with Gasteiger partial charge in [0.1, 0.15) is 5.84 Å². The van der Waals surface area contributed by atoms with E-state index in [1.807, 2.05) is 43.3 Å². The first-order valence-electron chi connectivity index (χ1n) is 10.3. The molecular weight excluding hydrogens is 505 g/mol. The summed E-state index contributed by atoms with van der Waals surface area (Å²) in [7, 11) is 0. The SMILES string of the molecule is CCCN(CCCO)C(=O)C1=Cc2ccc(-c3ccc(C(=O)I)cc3)cc2N=C(N)C1. The molecule has 7 heteroatoms. The van der Waals surface area contributed by atoms with Gasteiger partial charge in [-0.25, -0.2) is 4.99 Å². The van der Waals surface area contributed by atoms with Crippen LogP contribution in [-0.2, 0) is 4.79 Å². The van der Waals surface area contributed by atoms with Crippen LogP contribution in [0, 0.1) is 0 Å². The molecule has 0 unspecified atom stereocenters. The molecule has 0 fully saturated rings. The molecule has 1 heterocycles. The van der Waals surface area contributed by atoms with Crippen molar-refractivity contribution in [3.63, 3.8) is 0 Å². The minimum absolute atomic E-state index is 0.00175. The van der Waals surface area contributed by atoms with Gasteiger partial charge in [-0.1, -0.05) is 31.2 Å². The predicted molar refractivity (Wildman–Crippen MR) is 133 cm³/mol. The van der Waals surface area contributed by atoms with Crippen LogP contribution < -0.4 is 5.73 Å². The summed E-state index contributed by atoms with van der Waals surface area (Å²) in [6, 6.07) is 13.3. The maximum absolute atomic E-state index is 13.1. The fraction of sp³-hybridized carbons (Fsp3) is 0.292. The molecule has 3 rings (SSSR count). The Morgan fingerprint density at radius 1 is 1.13 bits per heavy atom. The Morgan fingerprint density at radius 3 is 2.48 bits per heavy atom. The van der Waals surface area contributed by atoms with E-state index in [4.69, 9.17) is 10.8 Å². The molecule has 0 spiro atoms. The zero-order valence-electron chi connectivity index (χ0n) is 17.5.